The number of nitrogens with two attached hydrogens (primary N) is 1. The summed E-state index contributed by atoms with van der Waals surface area (Å²) in [6, 6.07) is -0.431. The quantitative estimate of drug-likeness (QED) is 0.617. The van der Waals surface area contributed by atoms with Gasteiger partial charge >= 0.3 is 0 Å². The molecule has 0 bridgehead atoms. The SMILES string of the molecule is COCCN(CCOC)C1CS(=O)(=O)CC1N. The zero-order chi connectivity index (χ0) is 12.9. The second-order valence-corrected chi connectivity index (χ2v) is 6.48. The van der Waals surface area contributed by atoms with Crippen molar-refractivity contribution in [3.05, 3.63) is 0 Å². The molecule has 2 unspecified atom stereocenters. The topological polar surface area (TPSA) is 81.9 Å². The highest BCUT2D eigenvalue weighted by Crippen LogP contribution is 2.16. The molecule has 0 amide bonds. The number of hydrogen-bond donors (Lipinski definition) is 1. The largest absolute Gasteiger partial charge is 0.383 e. The fourth-order valence-electron chi connectivity index (χ4n) is 2.09. The monoisotopic (exact) mass is 266 g/mol. The molecule has 0 aromatic heterocycles. The van der Waals surface area contributed by atoms with Crippen LogP contribution in [0.5, 0.6) is 0 Å². The van der Waals surface area contributed by atoms with Gasteiger partial charge in [-0.3, -0.25) is 4.90 Å². The first-order valence-corrected chi connectivity index (χ1v) is 7.50. The minimum Gasteiger partial charge on any atom is -0.383 e. The van der Waals surface area contributed by atoms with Crippen LogP contribution in [0.15, 0.2) is 0 Å². The van der Waals surface area contributed by atoms with Gasteiger partial charge in [0.15, 0.2) is 9.84 Å². The molecule has 1 saturated heterocycles. The molecule has 2 N–H and O–H groups in total. The van der Waals surface area contributed by atoms with Crippen molar-refractivity contribution in [3.8, 4) is 0 Å². The minimum atomic E-state index is -2.99. The maximum Gasteiger partial charge on any atom is 0.153 e. The third-order valence-corrected chi connectivity index (χ3v) is 4.74. The molecular weight excluding hydrogens is 244 g/mol. The number of rotatable bonds is 7. The van der Waals surface area contributed by atoms with E-state index in [-0.39, 0.29) is 23.6 Å². The van der Waals surface area contributed by atoms with Crippen molar-refractivity contribution in [1.82, 2.24) is 4.90 Å². The molecule has 17 heavy (non-hydrogen) atoms. The maximum atomic E-state index is 11.5. The summed E-state index contributed by atoms with van der Waals surface area (Å²) in [5, 5.41) is 0. The third-order valence-electron chi connectivity index (χ3n) is 3.00. The minimum absolute atomic E-state index is 0.0775. The van der Waals surface area contributed by atoms with Crippen LogP contribution in [0.2, 0.25) is 0 Å². The molecule has 1 fully saturated rings. The van der Waals surface area contributed by atoms with E-state index in [0.717, 1.165) is 0 Å². The van der Waals surface area contributed by atoms with Gasteiger partial charge in [-0.25, -0.2) is 8.42 Å². The van der Waals surface area contributed by atoms with E-state index in [2.05, 4.69) is 0 Å². The maximum absolute atomic E-state index is 11.5. The Kier molecular flexibility index (Phi) is 5.81. The standard InChI is InChI=1S/C10H22N2O4S/c1-15-5-3-12(4-6-16-2)10-8-17(13,14)7-9(10)11/h9-10H,3-8,11H2,1-2H3. The third kappa shape index (κ3) is 4.51. The van der Waals surface area contributed by atoms with Gasteiger partial charge in [0.2, 0.25) is 0 Å². The van der Waals surface area contributed by atoms with E-state index < -0.39 is 9.84 Å². The summed E-state index contributed by atoms with van der Waals surface area (Å²) in [5.41, 5.74) is 5.90. The lowest BCUT2D eigenvalue weighted by molar-refractivity contribution is 0.0894. The van der Waals surface area contributed by atoms with Crippen LogP contribution >= 0.6 is 0 Å². The smallest absolute Gasteiger partial charge is 0.153 e. The molecule has 102 valence electrons. The molecule has 0 aromatic carbocycles. The Morgan fingerprint density at radius 3 is 2.06 bits per heavy atom. The van der Waals surface area contributed by atoms with E-state index in [1.165, 1.54) is 0 Å². The van der Waals surface area contributed by atoms with Gasteiger partial charge in [-0.15, -0.1) is 0 Å². The summed E-state index contributed by atoms with van der Waals surface area (Å²) in [4.78, 5) is 2.04. The van der Waals surface area contributed by atoms with E-state index >= 15 is 0 Å². The molecule has 1 heterocycles. The van der Waals surface area contributed by atoms with Gasteiger partial charge in [0.05, 0.1) is 24.7 Å². The van der Waals surface area contributed by atoms with Gasteiger partial charge in [0, 0.05) is 39.4 Å². The number of ether oxygens (including phenoxy) is 2. The van der Waals surface area contributed by atoms with E-state index in [1.54, 1.807) is 14.2 Å². The average molecular weight is 266 g/mol. The summed E-state index contributed by atoms with van der Waals surface area (Å²) in [7, 11) is 0.262. The average Bonchev–Trinajstić information content (AvgIpc) is 2.53. The van der Waals surface area contributed by atoms with Crippen LogP contribution in [0, 0.1) is 0 Å². The summed E-state index contributed by atoms with van der Waals surface area (Å²) in [5.74, 6) is 0.218. The molecule has 6 nitrogen and oxygen atoms in total. The Balaban J connectivity index is 2.62. The lowest BCUT2D eigenvalue weighted by Crippen LogP contribution is -2.49. The van der Waals surface area contributed by atoms with Gasteiger partial charge in [-0.2, -0.15) is 0 Å². The fourth-order valence-corrected chi connectivity index (χ4v) is 4.02. The van der Waals surface area contributed by atoms with Gasteiger partial charge in [0.1, 0.15) is 0 Å². The highest BCUT2D eigenvalue weighted by Gasteiger charge is 2.38. The lowest BCUT2D eigenvalue weighted by atomic mass is 10.1. The Labute approximate surface area is 103 Å². The van der Waals surface area contributed by atoms with Crippen molar-refractivity contribution < 1.29 is 17.9 Å². The van der Waals surface area contributed by atoms with Crippen molar-refractivity contribution in [2.24, 2.45) is 5.73 Å². The second-order valence-electron chi connectivity index (χ2n) is 4.33. The van der Waals surface area contributed by atoms with E-state index in [4.69, 9.17) is 15.2 Å². The molecule has 7 heteroatoms. The van der Waals surface area contributed by atoms with Gasteiger partial charge in [0.25, 0.3) is 0 Å². The molecule has 0 aliphatic carbocycles. The van der Waals surface area contributed by atoms with Crippen LogP contribution in [-0.4, -0.2) is 77.4 Å². The molecule has 1 aliphatic heterocycles. The van der Waals surface area contributed by atoms with Crippen LogP contribution in [0.4, 0.5) is 0 Å². The van der Waals surface area contributed by atoms with Gasteiger partial charge in [-0.1, -0.05) is 0 Å². The summed E-state index contributed by atoms with van der Waals surface area (Å²) in [6.45, 7) is 2.47. The van der Waals surface area contributed by atoms with Crippen LogP contribution in [0.25, 0.3) is 0 Å². The second kappa shape index (κ2) is 6.65. The first-order valence-electron chi connectivity index (χ1n) is 5.68. The van der Waals surface area contributed by atoms with Crippen molar-refractivity contribution >= 4 is 9.84 Å². The zero-order valence-corrected chi connectivity index (χ0v) is 11.3. The number of hydrogen-bond acceptors (Lipinski definition) is 6. The summed E-state index contributed by atoms with van der Waals surface area (Å²) < 4.78 is 33.1. The first kappa shape index (κ1) is 14.8. The Hall–Kier alpha value is -0.210. The molecule has 0 saturated carbocycles. The van der Waals surface area contributed by atoms with Crippen molar-refractivity contribution in [2.45, 2.75) is 12.1 Å². The van der Waals surface area contributed by atoms with Crippen molar-refractivity contribution in [2.75, 3.05) is 52.0 Å². The molecule has 2 atom stereocenters. The Morgan fingerprint density at radius 1 is 1.18 bits per heavy atom. The van der Waals surface area contributed by atoms with Crippen molar-refractivity contribution in [3.63, 3.8) is 0 Å². The summed E-state index contributed by atoms with van der Waals surface area (Å²) in [6.07, 6.45) is 0. The zero-order valence-electron chi connectivity index (χ0n) is 10.5. The molecular formula is C10H22N2O4S. The van der Waals surface area contributed by atoms with E-state index in [0.29, 0.717) is 26.3 Å². The van der Waals surface area contributed by atoms with Crippen molar-refractivity contribution in [1.29, 1.82) is 0 Å². The van der Waals surface area contributed by atoms with Crippen LogP contribution in [0.1, 0.15) is 0 Å². The predicted molar refractivity (Wildman–Crippen MR) is 65.7 cm³/mol. The normalized spacial score (nSPS) is 27.8. The summed E-state index contributed by atoms with van der Waals surface area (Å²) >= 11 is 0. The molecule has 0 aromatic rings. The number of nitrogens with zero attached hydrogens (tertiary/aromatic N) is 1. The van der Waals surface area contributed by atoms with Gasteiger partial charge < -0.3 is 15.2 Å². The lowest BCUT2D eigenvalue weighted by Gasteiger charge is -2.30. The number of sulfone groups is 1. The highest BCUT2D eigenvalue weighted by atomic mass is 32.2. The molecule has 1 rings (SSSR count). The predicted octanol–water partition coefficient (Wildman–Crippen LogP) is -1.29. The van der Waals surface area contributed by atoms with Crippen LogP contribution in [0.3, 0.4) is 0 Å². The fraction of sp³-hybridized carbons (Fsp3) is 1.00. The molecule has 0 spiro atoms. The number of methoxy groups -OCH3 is 2. The first-order chi connectivity index (χ1) is 8.00. The Bertz CT molecular complexity index is 312. The van der Waals surface area contributed by atoms with Crippen LogP contribution in [-0.2, 0) is 19.3 Å². The Morgan fingerprint density at radius 2 is 1.71 bits per heavy atom. The highest BCUT2D eigenvalue weighted by molar-refractivity contribution is 7.91. The molecule has 1 aliphatic rings. The van der Waals surface area contributed by atoms with E-state index in [9.17, 15) is 8.42 Å². The van der Waals surface area contributed by atoms with Gasteiger partial charge in [-0.05, 0) is 0 Å². The molecule has 0 radical (unpaired) electrons. The van der Waals surface area contributed by atoms with Crippen LogP contribution < -0.4 is 5.73 Å². The van der Waals surface area contributed by atoms with E-state index in [1.807, 2.05) is 4.90 Å².